The van der Waals surface area contributed by atoms with Crippen molar-refractivity contribution in [3.05, 3.63) is 51.2 Å². The molecule has 0 radical (unpaired) electrons. The zero-order valence-corrected chi connectivity index (χ0v) is 15.1. The van der Waals surface area contributed by atoms with Gasteiger partial charge in [-0.25, -0.2) is 0 Å². The maximum Gasteiger partial charge on any atom is 0.311 e. The lowest BCUT2D eigenvalue weighted by molar-refractivity contribution is -0.147. The molecule has 1 saturated heterocycles. The lowest BCUT2D eigenvalue weighted by Crippen LogP contribution is -2.27. The number of rotatable bonds is 5. The molecule has 3 rings (SSSR count). The van der Waals surface area contributed by atoms with Crippen LogP contribution < -0.4 is 4.90 Å². The lowest BCUT2D eigenvalue weighted by Gasteiger charge is -2.16. The molecular weight excluding hydrogens is 362 g/mol. The summed E-state index contributed by atoms with van der Waals surface area (Å²) in [5, 5.41) is 0. The minimum Gasteiger partial charge on any atom is -0.457 e. The molecule has 1 aromatic carbocycles. The molecule has 1 aliphatic rings. The molecule has 1 aliphatic heterocycles. The van der Waals surface area contributed by atoms with Crippen molar-refractivity contribution in [2.24, 2.45) is 5.92 Å². The molecule has 0 spiro atoms. The normalized spacial score (nSPS) is 17.0. The highest BCUT2D eigenvalue weighted by Crippen LogP contribution is 2.26. The van der Waals surface area contributed by atoms with Gasteiger partial charge in [-0.3, -0.25) is 14.4 Å². The molecular formula is C18H16ClNO4S. The van der Waals surface area contributed by atoms with Crippen LogP contribution in [0.4, 0.5) is 5.69 Å². The molecule has 0 bridgehead atoms. The summed E-state index contributed by atoms with van der Waals surface area (Å²) in [6.45, 7) is 1.89. The van der Waals surface area contributed by atoms with Crippen LogP contribution in [-0.2, 0) is 14.3 Å². The molecule has 0 N–H and O–H groups in total. The van der Waals surface area contributed by atoms with Crippen molar-refractivity contribution in [2.45, 2.75) is 13.3 Å². The van der Waals surface area contributed by atoms with Gasteiger partial charge < -0.3 is 9.64 Å². The number of nitrogens with zero attached hydrogens (tertiary/aromatic N) is 1. The van der Waals surface area contributed by atoms with Crippen molar-refractivity contribution in [1.82, 2.24) is 0 Å². The number of hydrogen-bond acceptors (Lipinski definition) is 5. The van der Waals surface area contributed by atoms with Crippen LogP contribution in [0.25, 0.3) is 0 Å². The molecule has 25 heavy (non-hydrogen) atoms. The molecule has 1 amide bonds. The van der Waals surface area contributed by atoms with Gasteiger partial charge in [-0.05, 0) is 31.2 Å². The number of carbonyl (C=O) groups is 3. The first-order valence-electron chi connectivity index (χ1n) is 7.76. The number of carbonyl (C=O) groups excluding carboxylic acids is 3. The number of thiophene rings is 1. The van der Waals surface area contributed by atoms with Crippen LogP contribution in [0.2, 0.25) is 4.34 Å². The number of ether oxygens (including phenoxy) is 1. The highest BCUT2D eigenvalue weighted by molar-refractivity contribution is 7.18. The van der Waals surface area contributed by atoms with E-state index in [1.165, 1.54) is 0 Å². The van der Waals surface area contributed by atoms with Crippen LogP contribution in [-0.4, -0.2) is 30.8 Å². The van der Waals surface area contributed by atoms with Gasteiger partial charge in [-0.15, -0.1) is 11.3 Å². The summed E-state index contributed by atoms with van der Waals surface area (Å²) in [7, 11) is 0. The van der Waals surface area contributed by atoms with E-state index in [4.69, 9.17) is 16.3 Å². The second-order valence-electron chi connectivity index (χ2n) is 5.88. The molecule has 1 fully saturated rings. The Morgan fingerprint density at radius 1 is 1.24 bits per heavy atom. The second-order valence-corrected chi connectivity index (χ2v) is 7.59. The zero-order chi connectivity index (χ0) is 18.0. The number of benzene rings is 1. The van der Waals surface area contributed by atoms with Crippen molar-refractivity contribution < 1.29 is 19.1 Å². The van der Waals surface area contributed by atoms with E-state index in [-0.39, 0.29) is 31.3 Å². The molecule has 0 aliphatic carbocycles. The van der Waals surface area contributed by atoms with Gasteiger partial charge >= 0.3 is 5.97 Å². The Morgan fingerprint density at radius 2 is 1.96 bits per heavy atom. The van der Waals surface area contributed by atoms with E-state index in [2.05, 4.69) is 0 Å². The average Bonchev–Trinajstić information content (AvgIpc) is 3.19. The Morgan fingerprint density at radius 3 is 2.60 bits per heavy atom. The lowest BCUT2D eigenvalue weighted by atomic mass is 10.1. The SMILES string of the molecule is Cc1ccc(N2C[C@@H](C(=O)OCC(=O)c3ccc(Cl)s3)CC2=O)cc1. The molecule has 1 atom stereocenters. The standard InChI is InChI=1S/C18H16ClNO4S/c1-11-2-4-13(5-3-11)20-9-12(8-17(20)22)18(23)24-10-14(21)15-6-7-16(19)25-15/h2-7,12H,8-10H2,1H3/t12-/m0/s1. The van der Waals surface area contributed by atoms with E-state index < -0.39 is 11.9 Å². The largest absolute Gasteiger partial charge is 0.457 e. The third kappa shape index (κ3) is 4.08. The van der Waals surface area contributed by atoms with Gasteiger partial charge in [-0.2, -0.15) is 0 Å². The van der Waals surface area contributed by atoms with Crippen molar-refractivity contribution in [2.75, 3.05) is 18.1 Å². The number of halogens is 1. The highest BCUT2D eigenvalue weighted by Gasteiger charge is 2.36. The molecule has 7 heteroatoms. The molecule has 2 heterocycles. The smallest absolute Gasteiger partial charge is 0.311 e. The van der Waals surface area contributed by atoms with Gasteiger partial charge in [0, 0.05) is 18.7 Å². The summed E-state index contributed by atoms with van der Waals surface area (Å²) in [4.78, 5) is 38.3. The topological polar surface area (TPSA) is 63.7 Å². The van der Waals surface area contributed by atoms with Crippen LogP contribution in [0.3, 0.4) is 0 Å². The number of aryl methyl sites for hydroxylation is 1. The predicted octanol–water partition coefficient (Wildman–Crippen LogP) is 3.49. The number of esters is 1. The van der Waals surface area contributed by atoms with Crippen LogP contribution in [0.1, 0.15) is 21.7 Å². The Labute approximate surface area is 154 Å². The van der Waals surface area contributed by atoms with E-state index in [0.717, 1.165) is 22.6 Å². The van der Waals surface area contributed by atoms with Gasteiger partial charge in [0.05, 0.1) is 15.1 Å². The minimum atomic E-state index is -0.562. The maximum absolute atomic E-state index is 12.2. The summed E-state index contributed by atoms with van der Waals surface area (Å²) >= 11 is 6.93. The first-order valence-corrected chi connectivity index (χ1v) is 8.95. The van der Waals surface area contributed by atoms with E-state index >= 15 is 0 Å². The van der Waals surface area contributed by atoms with Crippen LogP contribution >= 0.6 is 22.9 Å². The summed E-state index contributed by atoms with van der Waals surface area (Å²) in [6, 6.07) is 10.8. The first kappa shape index (κ1) is 17.6. The monoisotopic (exact) mass is 377 g/mol. The van der Waals surface area contributed by atoms with Crippen LogP contribution in [0.5, 0.6) is 0 Å². The van der Waals surface area contributed by atoms with Crippen molar-refractivity contribution in [3.63, 3.8) is 0 Å². The van der Waals surface area contributed by atoms with Gasteiger partial charge in [0.2, 0.25) is 11.7 Å². The Balaban J connectivity index is 1.57. The Kier molecular flexibility index (Phi) is 5.20. The summed E-state index contributed by atoms with van der Waals surface area (Å²) < 4.78 is 5.60. The summed E-state index contributed by atoms with van der Waals surface area (Å²) in [5.74, 6) is -1.51. The number of hydrogen-bond donors (Lipinski definition) is 0. The second kappa shape index (κ2) is 7.37. The average molecular weight is 378 g/mol. The first-order chi connectivity index (χ1) is 11.9. The predicted molar refractivity (Wildman–Crippen MR) is 96.3 cm³/mol. The van der Waals surface area contributed by atoms with Gasteiger partial charge in [0.25, 0.3) is 0 Å². The molecule has 1 aromatic heterocycles. The third-order valence-electron chi connectivity index (χ3n) is 4.00. The fourth-order valence-corrected chi connectivity index (χ4v) is 3.60. The minimum absolute atomic E-state index is 0.0890. The van der Waals surface area contributed by atoms with Crippen molar-refractivity contribution in [3.8, 4) is 0 Å². The van der Waals surface area contributed by atoms with Crippen molar-refractivity contribution >= 4 is 46.3 Å². The number of amides is 1. The van der Waals surface area contributed by atoms with Gasteiger partial charge in [0.1, 0.15) is 0 Å². The third-order valence-corrected chi connectivity index (χ3v) is 5.27. The Hall–Kier alpha value is -2.18. The van der Waals surface area contributed by atoms with E-state index in [1.807, 2.05) is 31.2 Å². The van der Waals surface area contributed by atoms with Gasteiger partial charge in [-0.1, -0.05) is 29.3 Å². The molecule has 130 valence electrons. The molecule has 0 saturated carbocycles. The Bertz CT molecular complexity index is 815. The highest BCUT2D eigenvalue weighted by atomic mass is 35.5. The fraction of sp³-hybridized carbons (Fsp3) is 0.278. The molecule has 0 unspecified atom stereocenters. The van der Waals surface area contributed by atoms with Crippen LogP contribution in [0, 0.1) is 12.8 Å². The number of ketones is 1. The fourth-order valence-electron chi connectivity index (χ4n) is 2.63. The van der Waals surface area contributed by atoms with Gasteiger partial charge in [0.15, 0.2) is 6.61 Å². The van der Waals surface area contributed by atoms with Crippen LogP contribution in [0.15, 0.2) is 36.4 Å². The number of Topliss-reactive ketones (excluding diaryl/α,β-unsaturated/α-hetero) is 1. The van der Waals surface area contributed by atoms with E-state index in [9.17, 15) is 14.4 Å². The summed E-state index contributed by atoms with van der Waals surface area (Å²) in [5.41, 5.74) is 1.86. The molecule has 2 aromatic rings. The van der Waals surface area contributed by atoms with Crippen molar-refractivity contribution in [1.29, 1.82) is 0 Å². The van der Waals surface area contributed by atoms with E-state index in [1.54, 1.807) is 17.0 Å². The summed E-state index contributed by atoms with van der Waals surface area (Å²) in [6.07, 6.45) is 0.0890. The number of anilines is 1. The molecule has 5 nitrogen and oxygen atoms in total. The van der Waals surface area contributed by atoms with E-state index in [0.29, 0.717) is 9.21 Å². The maximum atomic E-state index is 12.2. The quantitative estimate of drug-likeness (QED) is 0.591. The zero-order valence-electron chi connectivity index (χ0n) is 13.5.